The van der Waals surface area contributed by atoms with Crippen molar-refractivity contribution in [2.75, 3.05) is 18.5 Å². The molecule has 1 N–H and O–H groups in total. The summed E-state index contributed by atoms with van der Waals surface area (Å²) in [7, 11) is 0. The maximum atomic E-state index is 12.1. The molecule has 0 unspecified atom stereocenters. The van der Waals surface area contributed by atoms with Crippen molar-refractivity contribution in [3.63, 3.8) is 0 Å². The van der Waals surface area contributed by atoms with Crippen LogP contribution in [0.25, 0.3) is 0 Å². The molecule has 1 aliphatic heterocycles. The molecular formula is C21H23N3O4. The molecule has 146 valence electrons. The minimum atomic E-state index is -0.759. The molecule has 7 heteroatoms. The second kappa shape index (κ2) is 8.56. The minimum Gasteiger partial charge on any atom is -0.462 e. The second-order valence-electron chi connectivity index (χ2n) is 6.27. The van der Waals surface area contributed by atoms with E-state index in [0.717, 1.165) is 16.9 Å². The van der Waals surface area contributed by atoms with Gasteiger partial charge in [0.05, 0.1) is 25.1 Å². The summed E-state index contributed by atoms with van der Waals surface area (Å²) in [4.78, 5) is 28.7. The number of aliphatic imine (C=N–C) groups is 1. The molecule has 0 saturated carbocycles. The van der Waals surface area contributed by atoms with Crippen molar-refractivity contribution in [2.24, 2.45) is 4.99 Å². The molecule has 0 fully saturated rings. The third-order valence-corrected chi connectivity index (χ3v) is 4.24. The first kappa shape index (κ1) is 19.4. The van der Waals surface area contributed by atoms with Gasteiger partial charge in [-0.15, -0.1) is 0 Å². The zero-order valence-corrected chi connectivity index (χ0v) is 16.2. The van der Waals surface area contributed by atoms with Crippen LogP contribution in [0.15, 0.2) is 53.3 Å². The highest BCUT2D eigenvalue weighted by molar-refractivity contribution is 6.15. The number of ether oxygens (including phenoxy) is 2. The van der Waals surface area contributed by atoms with Gasteiger partial charge in [0.15, 0.2) is 11.4 Å². The molecule has 2 heterocycles. The first-order valence-electron chi connectivity index (χ1n) is 9.17. The molecule has 0 atom stereocenters. The van der Waals surface area contributed by atoms with Gasteiger partial charge in [-0.2, -0.15) is 0 Å². The Hall–Kier alpha value is -3.35. The van der Waals surface area contributed by atoms with Crippen LogP contribution in [-0.4, -0.2) is 35.6 Å². The van der Waals surface area contributed by atoms with E-state index in [1.54, 1.807) is 13.8 Å². The summed E-state index contributed by atoms with van der Waals surface area (Å²) < 4.78 is 12.0. The number of nitrogens with zero attached hydrogens (tertiary/aromatic N) is 2. The number of benzene rings is 1. The number of aromatic nitrogens is 1. The summed E-state index contributed by atoms with van der Waals surface area (Å²) in [6, 6.07) is 9.98. The number of aryl methyl sites for hydroxylation is 1. The number of esters is 2. The number of rotatable bonds is 5. The molecule has 0 spiro atoms. The van der Waals surface area contributed by atoms with Crippen molar-refractivity contribution in [2.45, 2.75) is 27.3 Å². The van der Waals surface area contributed by atoms with E-state index < -0.39 is 11.9 Å². The highest BCUT2D eigenvalue weighted by Gasteiger charge is 2.22. The predicted octanol–water partition coefficient (Wildman–Crippen LogP) is 3.03. The number of hydrogen-bond donors (Lipinski definition) is 1. The number of anilines is 1. The van der Waals surface area contributed by atoms with E-state index in [-0.39, 0.29) is 18.8 Å². The van der Waals surface area contributed by atoms with Crippen LogP contribution in [-0.2, 0) is 25.6 Å². The van der Waals surface area contributed by atoms with Crippen LogP contribution in [0.5, 0.6) is 0 Å². The molecule has 3 rings (SSSR count). The van der Waals surface area contributed by atoms with Gasteiger partial charge in [0.1, 0.15) is 0 Å². The normalized spacial score (nSPS) is 13.6. The third kappa shape index (κ3) is 4.14. The third-order valence-electron chi connectivity index (χ3n) is 4.24. The lowest BCUT2D eigenvalue weighted by Crippen LogP contribution is -2.19. The number of amidine groups is 1. The summed E-state index contributed by atoms with van der Waals surface area (Å²) in [6.45, 7) is 6.39. The standard InChI is InChI=1S/C21H23N3O4/c1-4-27-20(25)16(21(26)28-5-2)12-22-19-18-7-6-10-24(18)13-15-11-14(3)8-9-17(15)23-19/h6-12H,4-5,13H2,1-3H3,(H,22,23). The average Bonchev–Trinajstić information content (AvgIpc) is 3.06. The van der Waals surface area contributed by atoms with E-state index in [1.807, 2.05) is 37.4 Å². The van der Waals surface area contributed by atoms with E-state index in [1.165, 1.54) is 11.8 Å². The zero-order chi connectivity index (χ0) is 20.1. The molecule has 0 saturated heterocycles. The quantitative estimate of drug-likeness (QED) is 0.373. The van der Waals surface area contributed by atoms with Gasteiger partial charge in [-0.1, -0.05) is 17.7 Å². The lowest BCUT2D eigenvalue weighted by molar-refractivity contribution is -0.146. The molecule has 2 aromatic rings. The smallest absolute Gasteiger partial charge is 0.347 e. The van der Waals surface area contributed by atoms with Gasteiger partial charge in [-0.25, -0.2) is 14.6 Å². The number of nitrogens with one attached hydrogen (secondary N) is 1. The van der Waals surface area contributed by atoms with Crippen LogP contribution >= 0.6 is 0 Å². The van der Waals surface area contributed by atoms with E-state index in [4.69, 9.17) is 9.47 Å². The number of hydrogen-bond acceptors (Lipinski definition) is 5. The minimum absolute atomic E-state index is 0.153. The van der Waals surface area contributed by atoms with Crippen LogP contribution in [0.1, 0.15) is 30.7 Å². The van der Waals surface area contributed by atoms with Crippen molar-refractivity contribution in [3.8, 4) is 0 Å². The number of carbonyl (C=O) groups is 2. The van der Waals surface area contributed by atoms with Gasteiger partial charge >= 0.3 is 11.9 Å². The summed E-state index contributed by atoms with van der Waals surface area (Å²) in [5.41, 5.74) is 3.82. The molecule has 1 aliphatic rings. The topological polar surface area (TPSA) is 81.9 Å². The van der Waals surface area contributed by atoms with Crippen LogP contribution in [0, 0.1) is 6.92 Å². The van der Waals surface area contributed by atoms with E-state index in [2.05, 4.69) is 20.9 Å². The molecule has 1 aromatic heterocycles. The van der Waals surface area contributed by atoms with Crippen LogP contribution in [0.4, 0.5) is 5.69 Å². The first-order chi connectivity index (χ1) is 13.5. The maximum Gasteiger partial charge on any atom is 0.347 e. The Morgan fingerprint density at radius 1 is 1.18 bits per heavy atom. The van der Waals surface area contributed by atoms with Crippen molar-refractivity contribution in [1.29, 1.82) is 0 Å². The Morgan fingerprint density at radius 3 is 2.57 bits per heavy atom. The average molecular weight is 381 g/mol. The molecule has 0 amide bonds. The van der Waals surface area contributed by atoms with E-state index >= 15 is 0 Å². The Labute approximate surface area is 163 Å². The summed E-state index contributed by atoms with van der Waals surface area (Å²) in [5, 5.41) is 3.31. The van der Waals surface area contributed by atoms with Gasteiger partial charge < -0.3 is 19.4 Å². The molecule has 0 bridgehead atoms. The van der Waals surface area contributed by atoms with Gasteiger partial charge in [-0.3, -0.25) is 0 Å². The van der Waals surface area contributed by atoms with Crippen molar-refractivity contribution in [3.05, 3.63) is 65.1 Å². The van der Waals surface area contributed by atoms with Gasteiger partial charge in [-0.05, 0) is 44.5 Å². The van der Waals surface area contributed by atoms with Gasteiger partial charge in [0, 0.05) is 18.4 Å². The summed E-state index contributed by atoms with van der Waals surface area (Å²) in [5.74, 6) is -0.991. The monoisotopic (exact) mass is 381 g/mol. The van der Waals surface area contributed by atoms with Gasteiger partial charge in [0.2, 0.25) is 0 Å². The fourth-order valence-electron chi connectivity index (χ4n) is 2.95. The Morgan fingerprint density at radius 2 is 1.89 bits per heavy atom. The van der Waals surface area contributed by atoms with Crippen molar-refractivity contribution < 1.29 is 19.1 Å². The SMILES string of the molecule is CCOC(=O)C(=CN=C1Nc2ccc(C)cc2Cn2cccc21)C(=O)OCC. The van der Waals surface area contributed by atoms with Crippen molar-refractivity contribution in [1.82, 2.24) is 4.57 Å². The highest BCUT2D eigenvalue weighted by atomic mass is 16.6. The summed E-state index contributed by atoms with van der Waals surface area (Å²) >= 11 is 0. The summed E-state index contributed by atoms with van der Waals surface area (Å²) in [6.07, 6.45) is 3.17. The first-order valence-corrected chi connectivity index (χ1v) is 9.17. The van der Waals surface area contributed by atoms with Crippen LogP contribution < -0.4 is 5.32 Å². The largest absolute Gasteiger partial charge is 0.462 e. The van der Waals surface area contributed by atoms with Crippen LogP contribution in [0.3, 0.4) is 0 Å². The number of fused-ring (bicyclic) bond motifs is 2. The van der Waals surface area contributed by atoms with Crippen LogP contribution in [0.2, 0.25) is 0 Å². The molecule has 7 nitrogen and oxygen atoms in total. The van der Waals surface area contributed by atoms with Crippen molar-refractivity contribution >= 4 is 23.5 Å². The van der Waals surface area contributed by atoms with E-state index in [0.29, 0.717) is 12.4 Å². The number of carbonyl (C=O) groups excluding carboxylic acids is 2. The molecular weight excluding hydrogens is 358 g/mol. The predicted molar refractivity (Wildman–Crippen MR) is 106 cm³/mol. The fraction of sp³-hybridized carbons (Fsp3) is 0.286. The molecule has 0 radical (unpaired) electrons. The van der Waals surface area contributed by atoms with E-state index in [9.17, 15) is 9.59 Å². The Bertz CT molecular complexity index is 936. The lowest BCUT2D eigenvalue weighted by atomic mass is 10.1. The molecule has 0 aliphatic carbocycles. The second-order valence-corrected chi connectivity index (χ2v) is 6.27. The fourth-order valence-corrected chi connectivity index (χ4v) is 2.95. The highest BCUT2D eigenvalue weighted by Crippen LogP contribution is 2.24. The Balaban J connectivity index is 2.03. The molecule has 28 heavy (non-hydrogen) atoms. The molecule has 1 aromatic carbocycles. The Kier molecular flexibility index (Phi) is 5.93. The maximum absolute atomic E-state index is 12.1. The lowest BCUT2D eigenvalue weighted by Gasteiger charge is -2.09. The zero-order valence-electron chi connectivity index (χ0n) is 16.2. The van der Waals surface area contributed by atoms with Gasteiger partial charge in [0.25, 0.3) is 0 Å².